The second kappa shape index (κ2) is 9.76. The van der Waals surface area contributed by atoms with Crippen molar-refractivity contribution in [1.82, 2.24) is 5.32 Å². The Labute approximate surface area is 113 Å². The van der Waals surface area contributed by atoms with E-state index in [2.05, 4.69) is 26.1 Å². The highest BCUT2D eigenvalue weighted by Gasteiger charge is 2.21. The lowest BCUT2D eigenvalue weighted by atomic mass is 9.93. The van der Waals surface area contributed by atoms with Gasteiger partial charge in [0.15, 0.2) is 0 Å². The summed E-state index contributed by atoms with van der Waals surface area (Å²) in [6.45, 7) is 10.0. The molecular formula is C15H31NO2. The van der Waals surface area contributed by atoms with Gasteiger partial charge in [0.05, 0.1) is 19.3 Å². The van der Waals surface area contributed by atoms with E-state index in [1.165, 1.54) is 32.1 Å². The van der Waals surface area contributed by atoms with E-state index >= 15 is 0 Å². The first-order chi connectivity index (χ1) is 8.72. The number of hydrogen-bond donors (Lipinski definition) is 1. The minimum Gasteiger partial charge on any atom is -0.379 e. The maximum atomic E-state index is 5.91. The zero-order valence-electron chi connectivity index (χ0n) is 12.4. The number of rotatable bonds is 9. The smallest absolute Gasteiger partial charge is 0.0704 e. The predicted molar refractivity (Wildman–Crippen MR) is 75.9 cm³/mol. The molecule has 1 N–H and O–H groups in total. The van der Waals surface area contributed by atoms with Crippen LogP contribution in [0.5, 0.6) is 0 Å². The van der Waals surface area contributed by atoms with Gasteiger partial charge >= 0.3 is 0 Å². The number of ether oxygens (including phenoxy) is 2. The van der Waals surface area contributed by atoms with Gasteiger partial charge in [-0.2, -0.15) is 0 Å². The highest BCUT2D eigenvalue weighted by Crippen LogP contribution is 2.21. The van der Waals surface area contributed by atoms with Crippen LogP contribution in [0.4, 0.5) is 0 Å². The maximum Gasteiger partial charge on any atom is 0.0704 e. The average molecular weight is 257 g/mol. The third kappa shape index (κ3) is 7.34. The lowest BCUT2D eigenvalue weighted by Crippen LogP contribution is -2.37. The van der Waals surface area contributed by atoms with Gasteiger partial charge in [-0.1, -0.05) is 20.8 Å². The Balaban J connectivity index is 2.03. The molecule has 108 valence electrons. The zero-order valence-corrected chi connectivity index (χ0v) is 12.4. The summed E-state index contributed by atoms with van der Waals surface area (Å²) < 4.78 is 11.4. The molecule has 18 heavy (non-hydrogen) atoms. The predicted octanol–water partition coefficient (Wildman–Crippen LogP) is 2.99. The van der Waals surface area contributed by atoms with Crippen LogP contribution in [0.15, 0.2) is 0 Å². The van der Waals surface area contributed by atoms with Crippen LogP contribution in [0.3, 0.4) is 0 Å². The summed E-state index contributed by atoms with van der Waals surface area (Å²) >= 11 is 0. The van der Waals surface area contributed by atoms with Gasteiger partial charge in [0.2, 0.25) is 0 Å². The molecule has 0 spiro atoms. The van der Waals surface area contributed by atoms with Crippen LogP contribution in [0.2, 0.25) is 0 Å². The third-order valence-electron chi connectivity index (χ3n) is 3.34. The Morgan fingerprint density at radius 1 is 1.22 bits per heavy atom. The molecule has 3 heteroatoms. The summed E-state index contributed by atoms with van der Waals surface area (Å²) in [7, 11) is 0. The molecule has 0 aromatic rings. The van der Waals surface area contributed by atoms with Crippen LogP contribution in [0.25, 0.3) is 0 Å². The van der Waals surface area contributed by atoms with Gasteiger partial charge in [-0.15, -0.1) is 0 Å². The van der Waals surface area contributed by atoms with E-state index in [1.807, 2.05) is 0 Å². The molecule has 1 aliphatic rings. The van der Waals surface area contributed by atoms with E-state index < -0.39 is 0 Å². The van der Waals surface area contributed by atoms with Crippen LogP contribution in [-0.4, -0.2) is 38.5 Å². The van der Waals surface area contributed by atoms with Crippen molar-refractivity contribution in [2.75, 3.05) is 26.4 Å². The Morgan fingerprint density at radius 3 is 2.78 bits per heavy atom. The van der Waals surface area contributed by atoms with Gasteiger partial charge in [-0.25, -0.2) is 0 Å². The highest BCUT2D eigenvalue weighted by atomic mass is 16.5. The minimum absolute atomic E-state index is 0.441. The molecule has 0 radical (unpaired) electrons. The van der Waals surface area contributed by atoms with Gasteiger partial charge in [0.25, 0.3) is 0 Å². The van der Waals surface area contributed by atoms with Crippen molar-refractivity contribution in [3.63, 3.8) is 0 Å². The van der Waals surface area contributed by atoms with Gasteiger partial charge in [-0.05, 0) is 44.6 Å². The molecule has 1 saturated carbocycles. The summed E-state index contributed by atoms with van der Waals surface area (Å²) in [6.07, 6.45) is 6.64. The number of hydrogen-bond acceptors (Lipinski definition) is 3. The minimum atomic E-state index is 0.441. The summed E-state index contributed by atoms with van der Waals surface area (Å²) in [4.78, 5) is 0. The van der Waals surface area contributed by atoms with Crippen LogP contribution < -0.4 is 5.32 Å². The average Bonchev–Trinajstić information content (AvgIpc) is 2.36. The molecule has 1 rings (SSSR count). The SMILES string of the molecule is CCCNC1CCCC(OCCOCC(C)C)C1. The molecule has 0 aliphatic heterocycles. The Morgan fingerprint density at radius 2 is 2.06 bits per heavy atom. The molecule has 0 heterocycles. The molecular weight excluding hydrogens is 226 g/mol. The third-order valence-corrected chi connectivity index (χ3v) is 3.34. The monoisotopic (exact) mass is 257 g/mol. The molecule has 3 nitrogen and oxygen atoms in total. The van der Waals surface area contributed by atoms with Gasteiger partial charge in [0, 0.05) is 12.6 Å². The van der Waals surface area contributed by atoms with Gasteiger partial charge < -0.3 is 14.8 Å². The van der Waals surface area contributed by atoms with Gasteiger partial charge in [-0.3, -0.25) is 0 Å². The summed E-state index contributed by atoms with van der Waals surface area (Å²) in [5.41, 5.74) is 0. The number of nitrogens with one attached hydrogen (secondary N) is 1. The van der Waals surface area contributed by atoms with Crippen LogP contribution in [0.1, 0.15) is 52.9 Å². The van der Waals surface area contributed by atoms with Crippen molar-refractivity contribution in [2.24, 2.45) is 5.92 Å². The summed E-state index contributed by atoms with van der Waals surface area (Å²) in [6, 6.07) is 0.667. The standard InChI is InChI=1S/C15H31NO2/c1-4-8-16-14-6-5-7-15(11-14)18-10-9-17-12-13(2)3/h13-16H,4-12H2,1-3H3. The first kappa shape index (κ1) is 15.9. The van der Waals surface area contributed by atoms with E-state index in [4.69, 9.17) is 9.47 Å². The zero-order chi connectivity index (χ0) is 13.2. The second-order valence-corrected chi connectivity index (χ2v) is 5.78. The van der Waals surface area contributed by atoms with Crippen molar-refractivity contribution in [2.45, 2.75) is 65.0 Å². The molecule has 0 aromatic carbocycles. The highest BCUT2D eigenvalue weighted by molar-refractivity contribution is 4.78. The lowest BCUT2D eigenvalue weighted by molar-refractivity contribution is -0.0192. The van der Waals surface area contributed by atoms with E-state index in [0.29, 0.717) is 18.1 Å². The quantitative estimate of drug-likeness (QED) is 0.644. The van der Waals surface area contributed by atoms with Crippen molar-refractivity contribution in [3.8, 4) is 0 Å². The Kier molecular flexibility index (Phi) is 8.64. The second-order valence-electron chi connectivity index (χ2n) is 5.78. The molecule has 2 unspecified atom stereocenters. The summed E-state index contributed by atoms with van der Waals surface area (Å²) in [5, 5.41) is 3.61. The van der Waals surface area contributed by atoms with Gasteiger partial charge in [0.1, 0.15) is 0 Å². The van der Waals surface area contributed by atoms with E-state index in [1.54, 1.807) is 0 Å². The topological polar surface area (TPSA) is 30.5 Å². The van der Waals surface area contributed by atoms with E-state index in [9.17, 15) is 0 Å². The summed E-state index contributed by atoms with van der Waals surface area (Å²) in [5.74, 6) is 0.613. The fourth-order valence-electron chi connectivity index (χ4n) is 2.42. The Bertz CT molecular complexity index is 197. The van der Waals surface area contributed by atoms with E-state index in [0.717, 1.165) is 26.4 Å². The lowest BCUT2D eigenvalue weighted by Gasteiger charge is -2.29. The molecule has 0 saturated heterocycles. The fourth-order valence-corrected chi connectivity index (χ4v) is 2.42. The van der Waals surface area contributed by atoms with E-state index in [-0.39, 0.29) is 0 Å². The van der Waals surface area contributed by atoms with Crippen molar-refractivity contribution < 1.29 is 9.47 Å². The van der Waals surface area contributed by atoms with Crippen molar-refractivity contribution in [1.29, 1.82) is 0 Å². The van der Waals surface area contributed by atoms with Crippen LogP contribution in [-0.2, 0) is 9.47 Å². The molecule has 0 bridgehead atoms. The molecule has 1 fully saturated rings. The van der Waals surface area contributed by atoms with Crippen molar-refractivity contribution >= 4 is 0 Å². The normalized spacial score (nSPS) is 24.7. The maximum absolute atomic E-state index is 5.91. The Hall–Kier alpha value is -0.120. The molecule has 1 aliphatic carbocycles. The van der Waals surface area contributed by atoms with Crippen LogP contribution >= 0.6 is 0 Å². The fraction of sp³-hybridized carbons (Fsp3) is 1.00. The first-order valence-electron chi connectivity index (χ1n) is 7.65. The van der Waals surface area contributed by atoms with Crippen molar-refractivity contribution in [3.05, 3.63) is 0 Å². The molecule has 0 aromatic heterocycles. The largest absolute Gasteiger partial charge is 0.379 e. The molecule has 0 amide bonds. The first-order valence-corrected chi connectivity index (χ1v) is 7.65. The van der Waals surface area contributed by atoms with Crippen LogP contribution in [0, 0.1) is 5.92 Å². The molecule has 2 atom stereocenters.